The first kappa shape index (κ1) is 17.5. The van der Waals surface area contributed by atoms with Crippen LogP contribution in [-0.4, -0.2) is 53.1 Å². The van der Waals surface area contributed by atoms with Crippen molar-refractivity contribution < 1.29 is 4.79 Å². The Bertz CT molecular complexity index is 743. The predicted molar refractivity (Wildman–Crippen MR) is 101 cm³/mol. The van der Waals surface area contributed by atoms with E-state index in [1.54, 1.807) is 29.9 Å². The monoisotopic (exact) mass is 372 g/mol. The first-order valence-electron chi connectivity index (χ1n) is 9.17. The van der Waals surface area contributed by atoms with Crippen molar-refractivity contribution in [2.75, 3.05) is 26.2 Å². The van der Waals surface area contributed by atoms with Crippen LogP contribution in [0.4, 0.5) is 0 Å². The van der Waals surface area contributed by atoms with Gasteiger partial charge in [-0.15, -0.1) is 11.3 Å². The molecule has 3 N–H and O–H groups in total. The van der Waals surface area contributed by atoms with Crippen LogP contribution in [0.25, 0.3) is 10.7 Å². The smallest absolute Gasteiger partial charge is 0.237 e. The predicted octanol–water partition coefficient (Wildman–Crippen LogP) is 0.990. The zero-order valence-corrected chi connectivity index (χ0v) is 15.5. The van der Waals surface area contributed by atoms with Crippen LogP contribution in [-0.2, 0) is 11.2 Å². The molecule has 0 unspecified atom stereocenters. The third-order valence-corrected chi connectivity index (χ3v) is 6.27. The van der Waals surface area contributed by atoms with E-state index in [0.717, 1.165) is 61.7 Å². The van der Waals surface area contributed by atoms with Gasteiger partial charge in [0, 0.05) is 37.3 Å². The van der Waals surface area contributed by atoms with Crippen molar-refractivity contribution in [2.24, 2.45) is 5.41 Å². The van der Waals surface area contributed by atoms with Crippen LogP contribution in [0, 0.1) is 5.41 Å². The molecular weight excluding hydrogens is 348 g/mol. The second kappa shape index (κ2) is 7.77. The number of thiazole rings is 1. The molecule has 26 heavy (non-hydrogen) atoms. The molecule has 1 atom stereocenters. The normalized spacial score (nSPS) is 21.8. The minimum Gasteiger partial charge on any atom is -0.354 e. The van der Waals surface area contributed by atoms with Crippen LogP contribution in [0.5, 0.6) is 0 Å². The highest BCUT2D eigenvalue weighted by Gasteiger charge is 2.41. The standard InChI is InChI=1S/C18H24N6OS/c25-16(14-9-18(12-23-14)2-5-19-6-3-18)22-4-1-13-11-26-17(24-13)15-10-20-7-8-21-15/h7-8,10-11,14,19,23H,1-6,9,12H2,(H,22,25)/t14-/m1/s1. The van der Waals surface area contributed by atoms with E-state index in [9.17, 15) is 4.79 Å². The van der Waals surface area contributed by atoms with Crippen molar-refractivity contribution in [1.82, 2.24) is 30.9 Å². The average molecular weight is 372 g/mol. The van der Waals surface area contributed by atoms with Gasteiger partial charge in [0.25, 0.3) is 0 Å². The van der Waals surface area contributed by atoms with Gasteiger partial charge >= 0.3 is 0 Å². The van der Waals surface area contributed by atoms with Gasteiger partial charge in [-0.05, 0) is 37.8 Å². The maximum atomic E-state index is 12.5. The Morgan fingerprint density at radius 1 is 1.35 bits per heavy atom. The number of aromatic nitrogens is 3. The zero-order valence-electron chi connectivity index (χ0n) is 14.7. The van der Waals surface area contributed by atoms with Crippen LogP contribution < -0.4 is 16.0 Å². The second-order valence-corrected chi connectivity index (χ2v) is 8.02. The summed E-state index contributed by atoms with van der Waals surface area (Å²) in [4.78, 5) is 25.4. The molecule has 0 saturated carbocycles. The molecule has 0 aliphatic carbocycles. The molecule has 2 saturated heterocycles. The fourth-order valence-electron chi connectivity index (χ4n) is 3.83. The average Bonchev–Trinajstić information content (AvgIpc) is 3.31. The van der Waals surface area contributed by atoms with Crippen molar-refractivity contribution in [3.8, 4) is 10.7 Å². The lowest BCUT2D eigenvalue weighted by atomic mass is 9.77. The summed E-state index contributed by atoms with van der Waals surface area (Å²) in [5, 5.41) is 12.8. The lowest BCUT2D eigenvalue weighted by Gasteiger charge is -2.33. The molecule has 7 nitrogen and oxygen atoms in total. The Balaban J connectivity index is 1.25. The van der Waals surface area contributed by atoms with Gasteiger partial charge in [0.05, 0.1) is 17.9 Å². The van der Waals surface area contributed by atoms with Gasteiger partial charge in [-0.3, -0.25) is 14.8 Å². The molecule has 2 aliphatic heterocycles. The Hall–Kier alpha value is -1.90. The first-order chi connectivity index (χ1) is 12.7. The number of carbonyl (C=O) groups is 1. The number of nitrogens with zero attached hydrogens (tertiary/aromatic N) is 3. The summed E-state index contributed by atoms with van der Waals surface area (Å²) in [5.74, 6) is 0.116. The number of hydrogen-bond acceptors (Lipinski definition) is 7. The molecule has 0 bridgehead atoms. The first-order valence-corrected chi connectivity index (χ1v) is 10.0. The summed E-state index contributed by atoms with van der Waals surface area (Å²) >= 11 is 1.56. The minimum absolute atomic E-state index is 0.0568. The number of piperidine rings is 1. The lowest BCUT2D eigenvalue weighted by molar-refractivity contribution is -0.122. The number of hydrogen-bond donors (Lipinski definition) is 3. The van der Waals surface area contributed by atoms with Crippen molar-refractivity contribution in [3.63, 3.8) is 0 Å². The van der Waals surface area contributed by atoms with Gasteiger partial charge in [-0.2, -0.15) is 0 Å². The Labute approximate surface area is 157 Å². The van der Waals surface area contributed by atoms with Crippen LogP contribution in [0.1, 0.15) is 25.0 Å². The molecular formula is C18H24N6OS. The summed E-state index contributed by atoms with van der Waals surface area (Å²) in [6, 6.07) is -0.0568. The fourth-order valence-corrected chi connectivity index (χ4v) is 4.64. The van der Waals surface area contributed by atoms with Crippen LogP contribution in [0.15, 0.2) is 24.0 Å². The van der Waals surface area contributed by atoms with E-state index in [-0.39, 0.29) is 11.9 Å². The molecule has 1 spiro atoms. The van der Waals surface area contributed by atoms with Gasteiger partial charge in [0.1, 0.15) is 10.7 Å². The highest BCUT2D eigenvalue weighted by atomic mass is 32.1. The zero-order chi connectivity index (χ0) is 17.8. The highest BCUT2D eigenvalue weighted by Crippen LogP contribution is 2.37. The van der Waals surface area contributed by atoms with E-state index in [4.69, 9.17) is 0 Å². The van der Waals surface area contributed by atoms with Crippen LogP contribution >= 0.6 is 11.3 Å². The summed E-state index contributed by atoms with van der Waals surface area (Å²) in [6.45, 7) is 3.69. The Morgan fingerprint density at radius 2 is 2.23 bits per heavy atom. The fraction of sp³-hybridized carbons (Fsp3) is 0.556. The number of carbonyl (C=O) groups excluding carboxylic acids is 1. The molecule has 138 valence electrons. The van der Waals surface area contributed by atoms with Gasteiger partial charge in [-0.25, -0.2) is 4.98 Å². The van der Waals surface area contributed by atoms with Gasteiger partial charge in [-0.1, -0.05) is 0 Å². The van der Waals surface area contributed by atoms with Gasteiger partial charge in [0.2, 0.25) is 5.91 Å². The summed E-state index contributed by atoms with van der Waals surface area (Å²) < 4.78 is 0. The summed E-state index contributed by atoms with van der Waals surface area (Å²) in [7, 11) is 0. The van der Waals surface area contributed by atoms with E-state index in [0.29, 0.717) is 12.0 Å². The maximum Gasteiger partial charge on any atom is 0.237 e. The summed E-state index contributed by atoms with van der Waals surface area (Å²) in [5.41, 5.74) is 2.08. The molecule has 2 aromatic rings. The highest BCUT2D eigenvalue weighted by molar-refractivity contribution is 7.13. The number of rotatable bonds is 5. The van der Waals surface area contributed by atoms with Crippen molar-refractivity contribution in [2.45, 2.75) is 31.7 Å². The Morgan fingerprint density at radius 3 is 3.04 bits per heavy atom. The van der Waals surface area contributed by atoms with Gasteiger partial charge in [0.15, 0.2) is 0 Å². The topological polar surface area (TPSA) is 91.8 Å². The third-order valence-electron chi connectivity index (χ3n) is 5.36. The van der Waals surface area contributed by atoms with E-state index >= 15 is 0 Å². The number of amides is 1. The molecule has 4 rings (SSSR count). The maximum absolute atomic E-state index is 12.5. The molecule has 2 aromatic heterocycles. The van der Waals surface area contributed by atoms with E-state index in [1.165, 1.54) is 0 Å². The molecule has 4 heterocycles. The van der Waals surface area contributed by atoms with Crippen molar-refractivity contribution in [1.29, 1.82) is 0 Å². The lowest BCUT2D eigenvalue weighted by Crippen LogP contribution is -2.41. The molecule has 8 heteroatoms. The molecule has 0 radical (unpaired) electrons. The van der Waals surface area contributed by atoms with Crippen molar-refractivity contribution >= 4 is 17.2 Å². The Kier molecular flexibility index (Phi) is 5.23. The molecule has 1 amide bonds. The van der Waals surface area contributed by atoms with Crippen molar-refractivity contribution in [3.05, 3.63) is 29.7 Å². The quantitative estimate of drug-likeness (QED) is 0.725. The molecule has 0 aromatic carbocycles. The van der Waals surface area contributed by atoms with Gasteiger partial charge < -0.3 is 16.0 Å². The van der Waals surface area contributed by atoms with E-state index in [1.807, 2.05) is 5.38 Å². The van der Waals surface area contributed by atoms with Crippen LogP contribution in [0.2, 0.25) is 0 Å². The van der Waals surface area contributed by atoms with E-state index in [2.05, 4.69) is 30.9 Å². The van der Waals surface area contributed by atoms with Crippen LogP contribution in [0.3, 0.4) is 0 Å². The molecule has 2 aliphatic rings. The SMILES string of the molecule is O=C(NCCc1csc(-c2cnccn2)n1)[C@H]1CC2(CCNCC2)CN1. The largest absolute Gasteiger partial charge is 0.354 e. The minimum atomic E-state index is -0.0568. The number of nitrogens with one attached hydrogen (secondary N) is 3. The second-order valence-electron chi connectivity index (χ2n) is 7.16. The third kappa shape index (κ3) is 3.92. The van der Waals surface area contributed by atoms with E-state index < -0.39 is 0 Å². The molecule has 2 fully saturated rings. The summed E-state index contributed by atoms with van der Waals surface area (Å²) in [6.07, 6.45) is 9.03.